The summed E-state index contributed by atoms with van der Waals surface area (Å²) in [6, 6.07) is 5.87. The van der Waals surface area contributed by atoms with Crippen LogP contribution in [-0.4, -0.2) is 28.3 Å². The van der Waals surface area contributed by atoms with Gasteiger partial charge in [-0.1, -0.05) is 0 Å². The highest BCUT2D eigenvalue weighted by atomic mass is 79.9. The minimum Gasteiger partial charge on any atom is -0.323 e. The summed E-state index contributed by atoms with van der Waals surface area (Å²) in [5.41, 5.74) is 0.0793. The van der Waals surface area contributed by atoms with Crippen LogP contribution in [0.5, 0.6) is 0 Å². The number of carbonyl (C=O) groups excluding carboxylic acids is 1. The second kappa shape index (κ2) is 5.36. The van der Waals surface area contributed by atoms with Gasteiger partial charge in [-0.15, -0.1) is 0 Å². The van der Waals surface area contributed by atoms with E-state index in [1.807, 2.05) is 0 Å². The standard InChI is InChI=1S/C12H10BrN3O3/c13-10-4-3-8(6-11(10)16(18)19)12(17)15-5-1-2-9(15)7-14/h3-4,6,9H,1-2,5H2. The first-order valence-corrected chi connectivity index (χ1v) is 6.48. The third-order valence-electron chi connectivity index (χ3n) is 3.05. The quantitative estimate of drug-likeness (QED) is 0.618. The summed E-state index contributed by atoms with van der Waals surface area (Å²) in [5.74, 6) is -0.334. The summed E-state index contributed by atoms with van der Waals surface area (Å²) in [4.78, 5) is 24.0. The molecule has 6 nitrogen and oxygen atoms in total. The molecule has 1 unspecified atom stereocenters. The number of likely N-dealkylation sites (tertiary alicyclic amines) is 1. The molecular formula is C12H10BrN3O3. The molecule has 1 saturated heterocycles. The fraction of sp³-hybridized carbons (Fsp3) is 0.333. The Balaban J connectivity index is 2.32. The summed E-state index contributed by atoms with van der Waals surface area (Å²) < 4.78 is 0.326. The van der Waals surface area contributed by atoms with E-state index in [-0.39, 0.29) is 17.2 Å². The lowest BCUT2D eigenvalue weighted by molar-refractivity contribution is -0.385. The molecule has 1 fully saturated rings. The molecule has 0 aromatic heterocycles. The Bertz CT molecular complexity index is 582. The first-order valence-electron chi connectivity index (χ1n) is 5.69. The largest absolute Gasteiger partial charge is 0.323 e. The van der Waals surface area contributed by atoms with E-state index >= 15 is 0 Å². The Hall–Kier alpha value is -1.94. The summed E-state index contributed by atoms with van der Waals surface area (Å²) >= 11 is 3.07. The molecule has 1 amide bonds. The number of amides is 1. The van der Waals surface area contributed by atoms with Crippen LogP contribution < -0.4 is 0 Å². The van der Waals surface area contributed by atoms with Crippen LogP contribution in [0.15, 0.2) is 22.7 Å². The van der Waals surface area contributed by atoms with Crippen molar-refractivity contribution in [3.63, 3.8) is 0 Å². The Labute approximate surface area is 117 Å². The lowest BCUT2D eigenvalue weighted by Crippen LogP contribution is -2.34. The molecule has 1 aromatic rings. The number of nitriles is 1. The molecule has 1 atom stereocenters. The van der Waals surface area contributed by atoms with Crippen molar-refractivity contribution in [2.24, 2.45) is 0 Å². The van der Waals surface area contributed by atoms with Gasteiger partial charge in [-0.05, 0) is 40.9 Å². The van der Waals surface area contributed by atoms with Gasteiger partial charge in [0.2, 0.25) is 0 Å². The predicted octanol–water partition coefficient (Wildman–Crippen LogP) is 2.49. The van der Waals surface area contributed by atoms with Crippen LogP contribution >= 0.6 is 15.9 Å². The van der Waals surface area contributed by atoms with Crippen LogP contribution in [0.1, 0.15) is 23.2 Å². The number of nitro benzene ring substituents is 1. The van der Waals surface area contributed by atoms with Gasteiger partial charge >= 0.3 is 0 Å². The lowest BCUT2D eigenvalue weighted by atomic mass is 10.1. The summed E-state index contributed by atoms with van der Waals surface area (Å²) in [6.07, 6.45) is 1.43. The molecule has 0 saturated carbocycles. The Morgan fingerprint density at radius 2 is 2.32 bits per heavy atom. The summed E-state index contributed by atoms with van der Waals surface area (Å²) in [7, 11) is 0. The van der Waals surface area contributed by atoms with Gasteiger partial charge in [0, 0.05) is 18.2 Å². The zero-order valence-electron chi connectivity index (χ0n) is 9.88. The molecular weight excluding hydrogens is 314 g/mol. The van der Waals surface area contributed by atoms with E-state index in [1.54, 1.807) is 0 Å². The molecule has 0 radical (unpaired) electrons. The van der Waals surface area contributed by atoms with Crippen molar-refractivity contribution >= 4 is 27.5 Å². The number of hydrogen-bond donors (Lipinski definition) is 0. The summed E-state index contributed by atoms with van der Waals surface area (Å²) in [5, 5.41) is 19.8. The third kappa shape index (κ3) is 2.58. The monoisotopic (exact) mass is 323 g/mol. The maximum absolute atomic E-state index is 12.2. The first-order chi connectivity index (χ1) is 9.04. The predicted molar refractivity (Wildman–Crippen MR) is 70.5 cm³/mol. The van der Waals surface area contributed by atoms with E-state index in [9.17, 15) is 14.9 Å². The van der Waals surface area contributed by atoms with Gasteiger partial charge in [0.1, 0.15) is 6.04 Å². The van der Waals surface area contributed by atoms with E-state index in [0.717, 1.165) is 6.42 Å². The second-order valence-corrected chi connectivity index (χ2v) is 5.06. The smallest absolute Gasteiger partial charge is 0.284 e. The van der Waals surface area contributed by atoms with Crippen molar-refractivity contribution in [3.8, 4) is 6.07 Å². The number of rotatable bonds is 2. The molecule has 98 valence electrons. The van der Waals surface area contributed by atoms with Gasteiger partial charge in [0.05, 0.1) is 15.5 Å². The number of carbonyl (C=O) groups is 1. The Morgan fingerprint density at radius 1 is 1.58 bits per heavy atom. The molecule has 19 heavy (non-hydrogen) atoms. The number of benzene rings is 1. The molecule has 1 heterocycles. The highest BCUT2D eigenvalue weighted by Crippen LogP contribution is 2.27. The van der Waals surface area contributed by atoms with Gasteiger partial charge in [-0.3, -0.25) is 14.9 Å². The topological polar surface area (TPSA) is 87.2 Å². The molecule has 0 spiro atoms. The molecule has 2 rings (SSSR count). The van der Waals surface area contributed by atoms with Crippen LogP contribution in [0.2, 0.25) is 0 Å². The van der Waals surface area contributed by atoms with Crippen molar-refractivity contribution in [2.45, 2.75) is 18.9 Å². The second-order valence-electron chi connectivity index (χ2n) is 4.21. The van der Waals surface area contributed by atoms with Crippen molar-refractivity contribution in [2.75, 3.05) is 6.54 Å². The van der Waals surface area contributed by atoms with Crippen LogP contribution in [0, 0.1) is 21.4 Å². The molecule has 0 bridgehead atoms. The normalized spacial score (nSPS) is 18.1. The molecule has 0 aliphatic carbocycles. The fourth-order valence-electron chi connectivity index (χ4n) is 2.10. The Morgan fingerprint density at radius 3 is 2.95 bits per heavy atom. The zero-order chi connectivity index (χ0) is 14.0. The third-order valence-corrected chi connectivity index (χ3v) is 3.72. The number of hydrogen-bond acceptors (Lipinski definition) is 4. The van der Waals surface area contributed by atoms with Crippen molar-refractivity contribution in [3.05, 3.63) is 38.3 Å². The lowest BCUT2D eigenvalue weighted by Gasteiger charge is -2.19. The van der Waals surface area contributed by atoms with Crippen molar-refractivity contribution < 1.29 is 9.72 Å². The minimum absolute atomic E-state index is 0.154. The SMILES string of the molecule is N#CC1CCCN1C(=O)c1ccc(Br)c([N+](=O)[O-])c1. The van der Waals surface area contributed by atoms with Crippen molar-refractivity contribution in [1.29, 1.82) is 5.26 Å². The van der Waals surface area contributed by atoms with Gasteiger partial charge < -0.3 is 4.90 Å². The van der Waals surface area contributed by atoms with Gasteiger partial charge in [0.25, 0.3) is 11.6 Å². The zero-order valence-corrected chi connectivity index (χ0v) is 11.5. The maximum Gasteiger partial charge on any atom is 0.284 e. The van der Waals surface area contributed by atoms with E-state index in [2.05, 4.69) is 22.0 Å². The molecule has 1 aliphatic rings. The highest BCUT2D eigenvalue weighted by molar-refractivity contribution is 9.10. The molecule has 1 aliphatic heterocycles. The number of nitro groups is 1. The minimum atomic E-state index is -0.549. The van der Waals surface area contributed by atoms with E-state index < -0.39 is 11.0 Å². The van der Waals surface area contributed by atoms with Crippen LogP contribution in [0.3, 0.4) is 0 Å². The van der Waals surface area contributed by atoms with Crippen LogP contribution in [0.4, 0.5) is 5.69 Å². The average molecular weight is 324 g/mol. The first kappa shape index (κ1) is 13.5. The molecule has 1 aromatic carbocycles. The van der Waals surface area contributed by atoms with Crippen LogP contribution in [-0.2, 0) is 0 Å². The number of nitrogens with zero attached hydrogens (tertiary/aromatic N) is 3. The average Bonchev–Trinajstić information content (AvgIpc) is 2.86. The van der Waals surface area contributed by atoms with Crippen molar-refractivity contribution in [1.82, 2.24) is 4.90 Å². The van der Waals surface area contributed by atoms with Gasteiger partial charge in [-0.25, -0.2) is 0 Å². The molecule has 0 N–H and O–H groups in total. The van der Waals surface area contributed by atoms with E-state index in [0.29, 0.717) is 17.4 Å². The Kier molecular flexibility index (Phi) is 3.81. The molecule has 7 heteroatoms. The van der Waals surface area contributed by atoms with E-state index in [4.69, 9.17) is 5.26 Å². The van der Waals surface area contributed by atoms with E-state index in [1.165, 1.54) is 23.1 Å². The van der Waals surface area contributed by atoms with Gasteiger partial charge in [-0.2, -0.15) is 5.26 Å². The fourth-order valence-corrected chi connectivity index (χ4v) is 2.49. The number of halogens is 1. The van der Waals surface area contributed by atoms with Gasteiger partial charge in [0.15, 0.2) is 0 Å². The summed E-state index contributed by atoms with van der Waals surface area (Å²) in [6.45, 7) is 0.515. The van der Waals surface area contributed by atoms with Crippen LogP contribution in [0.25, 0.3) is 0 Å². The maximum atomic E-state index is 12.2. The highest BCUT2D eigenvalue weighted by Gasteiger charge is 2.30.